The van der Waals surface area contributed by atoms with Gasteiger partial charge in [-0.3, -0.25) is 4.79 Å². The van der Waals surface area contributed by atoms with Crippen molar-refractivity contribution in [1.82, 2.24) is 5.43 Å². The monoisotopic (exact) mass is 494 g/mol. The van der Waals surface area contributed by atoms with Crippen LogP contribution in [0.4, 0.5) is 0 Å². The van der Waals surface area contributed by atoms with Crippen molar-refractivity contribution < 1.29 is 9.53 Å². The van der Waals surface area contributed by atoms with Gasteiger partial charge in [0.15, 0.2) is 0 Å². The molecule has 0 aliphatic rings. The number of hydrogen-bond acceptors (Lipinski definition) is 3. The van der Waals surface area contributed by atoms with Crippen LogP contribution in [0.1, 0.15) is 116 Å². The van der Waals surface area contributed by atoms with Crippen molar-refractivity contribution in [2.24, 2.45) is 5.10 Å². The van der Waals surface area contributed by atoms with Gasteiger partial charge in [0.05, 0.1) is 12.8 Å². The van der Waals surface area contributed by atoms with E-state index in [0.717, 1.165) is 35.0 Å². The maximum Gasteiger partial charge on any atom is 0.240 e. The first-order valence-corrected chi connectivity index (χ1v) is 13.2. The molecule has 0 aliphatic heterocycles. The van der Waals surface area contributed by atoms with Gasteiger partial charge in [0.25, 0.3) is 0 Å². The quantitative estimate of drug-likeness (QED) is 0.120. The minimum absolute atomic E-state index is 0.0228. The molecule has 0 radical (unpaired) electrons. The molecule has 0 unspecified atom stereocenters. The molecule has 1 amide bonds. The number of nitrogens with one attached hydrogen (secondary N) is 1. The van der Waals surface area contributed by atoms with E-state index in [9.17, 15) is 4.79 Å². The van der Waals surface area contributed by atoms with Gasteiger partial charge in [-0.15, -0.1) is 0 Å². The third-order valence-corrected chi connectivity index (χ3v) is 5.83. The fourth-order valence-corrected chi connectivity index (χ4v) is 3.88. The third kappa shape index (κ3) is 15.1. The first-order chi connectivity index (χ1) is 15.2. The molecular weight excluding hydrogens is 452 g/mol. The van der Waals surface area contributed by atoms with Crippen molar-refractivity contribution in [3.63, 3.8) is 0 Å². The summed E-state index contributed by atoms with van der Waals surface area (Å²) in [5, 5.41) is 4.11. The molecule has 5 heteroatoms. The molecule has 0 heterocycles. The van der Waals surface area contributed by atoms with E-state index in [1.807, 2.05) is 18.2 Å². The molecule has 0 spiro atoms. The maximum atomic E-state index is 12.0. The Labute approximate surface area is 198 Å². The number of hydrogen-bond donors (Lipinski definition) is 1. The fraction of sp³-hybridized carbons (Fsp3) is 0.692. The van der Waals surface area contributed by atoms with Crippen molar-refractivity contribution in [2.75, 3.05) is 6.61 Å². The minimum Gasteiger partial charge on any atom is -0.493 e. The van der Waals surface area contributed by atoms with E-state index < -0.39 is 0 Å². The molecule has 1 aromatic carbocycles. The number of carbonyl (C=O) groups is 1. The van der Waals surface area contributed by atoms with Crippen LogP contribution >= 0.6 is 15.9 Å². The summed E-state index contributed by atoms with van der Waals surface area (Å²) in [6, 6.07) is 5.79. The highest BCUT2D eigenvalue weighted by Gasteiger charge is 2.04. The molecule has 1 rings (SSSR count). The topological polar surface area (TPSA) is 50.7 Å². The summed E-state index contributed by atoms with van der Waals surface area (Å²) >= 11 is 3.46. The van der Waals surface area contributed by atoms with Crippen molar-refractivity contribution in [2.45, 2.75) is 110 Å². The summed E-state index contributed by atoms with van der Waals surface area (Å²) in [5.41, 5.74) is 3.49. The number of nitrogens with zero attached hydrogens (tertiary/aromatic N) is 1. The average Bonchev–Trinajstić information content (AvgIpc) is 2.76. The molecule has 1 N–H and O–H groups in total. The number of benzene rings is 1. The smallest absolute Gasteiger partial charge is 0.240 e. The Hall–Kier alpha value is -1.36. The van der Waals surface area contributed by atoms with E-state index in [2.05, 4.69) is 40.3 Å². The lowest BCUT2D eigenvalue weighted by Crippen LogP contribution is -2.17. The zero-order valence-corrected chi connectivity index (χ0v) is 21.4. The van der Waals surface area contributed by atoms with Crippen LogP contribution in [0, 0.1) is 0 Å². The van der Waals surface area contributed by atoms with E-state index in [-0.39, 0.29) is 5.91 Å². The van der Waals surface area contributed by atoms with Gasteiger partial charge in [-0.25, -0.2) is 5.43 Å². The van der Waals surface area contributed by atoms with Gasteiger partial charge in [-0.2, -0.15) is 5.10 Å². The normalized spacial score (nSPS) is 11.2. The fourth-order valence-electron chi connectivity index (χ4n) is 3.50. The summed E-state index contributed by atoms with van der Waals surface area (Å²) < 4.78 is 6.68. The Bertz CT molecular complexity index is 619. The second-order valence-electron chi connectivity index (χ2n) is 8.32. The highest BCUT2D eigenvalue weighted by molar-refractivity contribution is 9.10. The van der Waals surface area contributed by atoms with Crippen molar-refractivity contribution in [3.05, 3.63) is 28.2 Å². The average molecular weight is 496 g/mol. The number of halogens is 1. The van der Waals surface area contributed by atoms with Crippen molar-refractivity contribution >= 4 is 28.1 Å². The maximum absolute atomic E-state index is 12.0. The van der Waals surface area contributed by atoms with Gasteiger partial charge in [0.1, 0.15) is 5.75 Å². The predicted octanol–water partition coefficient (Wildman–Crippen LogP) is 8.17. The second-order valence-corrected chi connectivity index (χ2v) is 9.23. The van der Waals surface area contributed by atoms with Crippen LogP contribution in [-0.2, 0) is 4.79 Å². The Morgan fingerprint density at radius 1 is 0.903 bits per heavy atom. The number of carbonyl (C=O) groups excluding carboxylic acids is 1. The Kier molecular flexibility index (Phi) is 17.3. The predicted molar refractivity (Wildman–Crippen MR) is 136 cm³/mol. The molecule has 0 aliphatic carbocycles. The largest absolute Gasteiger partial charge is 0.493 e. The van der Waals surface area contributed by atoms with Crippen LogP contribution in [0.25, 0.3) is 0 Å². The second kappa shape index (κ2) is 19.3. The van der Waals surface area contributed by atoms with E-state index in [4.69, 9.17) is 4.74 Å². The highest BCUT2D eigenvalue weighted by Crippen LogP contribution is 2.22. The van der Waals surface area contributed by atoms with Crippen molar-refractivity contribution in [1.29, 1.82) is 0 Å². The number of amides is 1. The number of ether oxygens (including phenoxy) is 1. The van der Waals surface area contributed by atoms with Crippen molar-refractivity contribution in [3.8, 4) is 5.75 Å². The number of hydrazone groups is 1. The third-order valence-electron chi connectivity index (χ3n) is 5.33. The first-order valence-electron chi connectivity index (χ1n) is 12.4. The van der Waals surface area contributed by atoms with E-state index in [1.165, 1.54) is 70.6 Å². The molecule has 0 saturated heterocycles. The molecule has 31 heavy (non-hydrogen) atoms. The Morgan fingerprint density at radius 2 is 1.48 bits per heavy atom. The zero-order valence-electron chi connectivity index (χ0n) is 19.8. The van der Waals surface area contributed by atoms with Gasteiger partial charge in [0.2, 0.25) is 5.91 Å². The molecular formula is C26H43BrN2O2. The molecule has 0 atom stereocenters. The van der Waals surface area contributed by atoms with E-state index in [0.29, 0.717) is 13.0 Å². The minimum atomic E-state index is -0.0228. The summed E-state index contributed by atoms with van der Waals surface area (Å²) in [6.45, 7) is 5.00. The molecule has 0 fully saturated rings. The Morgan fingerprint density at radius 3 is 2.06 bits per heavy atom. The lowest BCUT2D eigenvalue weighted by Gasteiger charge is -2.08. The molecule has 0 aromatic heterocycles. The van der Waals surface area contributed by atoms with Crippen LogP contribution < -0.4 is 10.2 Å². The summed E-state index contributed by atoms with van der Waals surface area (Å²) in [6.07, 6.45) is 20.1. The van der Waals surface area contributed by atoms with E-state index in [1.54, 1.807) is 6.21 Å². The summed E-state index contributed by atoms with van der Waals surface area (Å²) in [5.74, 6) is 0.755. The van der Waals surface area contributed by atoms with Gasteiger partial charge >= 0.3 is 0 Å². The van der Waals surface area contributed by atoms with Crippen LogP contribution in [0.15, 0.2) is 27.8 Å². The Balaban J connectivity index is 2.06. The molecule has 0 saturated carbocycles. The summed E-state index contributed by atoms with van der Waals surface area (Å²) in [7, 11) is 0. The van der Waals surface area contributed by atoms with E-state index >= 15 is 0 Å². The van der Waals surface area contributed by atoms with Crippen LogP contribution in [-0.4, -0.2) is 18.7 Å². The lowest BCUT2D eigenvalue weighted by atomic mass is 10.0. The lowest BCUT2D eigenvalue weighted by molar-refractivity contribution is -0.121. The first kappa shape index (κ1) is 27.7. The number of unbranched alkanes of at least 4 members (excludes halogenated alkanes) is 12. The SMILES string of the molecule is CCCCCCCCCCCCCCCC(=O)N/N=C\c1cc(Br)ccc1OCCC. The standard InChI is InChI=1S/C26H43BrN2O2/c1-3-5-6-7-8-9-10-11-12-13-14-15-16-17-26(30)29-28-22-23-21-24(27)18-19-25(23)31-20-4-2/h18-19,21-22H,3-17,20H2,1-2H3,(H,29,30)/b28-22-. The zero-order chi connectivity index (χ0) is 22.6. The number of rotatable bonds is 19. The van der Waals surface area contributed by atoms with Crippen LogP contribution in [0.5, 0.6) is 5.75 Å². The van der Waals surface area contributed by atoms with Gasteiger partial charge < -0.3 is 4.74 Å². The van der Waals surface area contributed by atoms with Crippen LogP contribution in [0.3, 0.4) is 0 Å². The summed E-state index contributed by atoms with van der Waals surface area (Å²) in [4.78, 5) is 12.0. The van der Waals surface area contributed by atoms with Gasteiger partial charge in [0, 0.05) is 16.5 Å². The highest BCUT2D eigenvalue weighted by atomic mass is 79.9. The van der Waals surface area contributed by atoms with Crippen LogP contribution in [0.2, 0.25) is 0 Å². The molecule has 176 valence electrons. The van der Waals surface area contributed by atoms with Gasteiger partial charge in [-0.1, -0.05) is 107 Å². The van der Waals surface area contributed by atoms with Gasteiger partial charge in [-0.05, 0) is 31.0 Å². The molecule has 0 bridgehead atoms. The molecule has 1 aromatic rings. The molecule has 4 nitrogen and oxygen atoms in total.